The lowest BCUT2D eigenvalue weighted by Crippen LogP contribution is -2.30. The van der Waals surface area contributed by atoms with Crippen molar-refractivity contribution in [3.05, 3.63) is 18.5 Å². The average Bonchev–Trinajstić information content (AvgIpc) is 2.37. The molecule has 1 aliphatic carbocycles. The molecule has 116 valence electrons. The van der Waals surface area contributed by atoms with Gasteiger partial charge in [-0.05, 0) is 18.8 Å². The van der Waals surface area contributed by atoms with E-state index >= 15 is 0 Å². The monoisotopic (exact) mass is 316 g/mol. The average molecular weight is 316 g/mol. The van der Waals surface area contributed by atoms with E-state index in [0.29, 0.717) is 5.92 Å². The quantitative estimate of drug-likeness (QED) is 0.862. The van der Waals surface area contributed by atoms with Gasteiger partial charge in [0.25, 0.3) is 0 Å². The lowest BCUT2D eigenvalue weighted by atomic mass is 9.80. The second-order valence-electron chi connectivity index (χ2n) is 5.24. The Morgan fingerprint density at radius 2 is 2.10 bits per heavy atom. The van der Waals surface area contributed by atoms with Crippen LogP contribution in [0.5, 0.6) is 5.75 Å². The van der Waals surface area contributed by atoms with E-state index in [9.17, 15) is 17.1 Å². The number of hydrogen-bond donors (Lipinski definition) is 1. The van der Waals surface area contributed by atoms with E-state index in [2.05, 4.69) is 14.5 Å². The zero-order valence-corrected chi connectivity index (χ0v) is 12.4. The lowest BCUT2D eigenvalue weighted by molar-refractivity contribution is -0.122. The second kappa shape index (κ2) is 6.38. The molecule has 0 aromatic carbocycles. The van der Waals surface area contributed by atoms with Crippen LogP contribution in [-0.2, 0) is 15.3 Å². The van der Waals surface area contributed by atoms with E-state index in [1.807, 2.05) is 6.92 Å². The van der Waals surface area contributed by atoms with Crippen LogP contribution in [0.3, 0.4) is 0 Å². The van der Waals surface area contributed by atoms with Gasteiger partial charge in [0.15, 0.2) is 5.75 Å². The van der Waals surface area contributed by atoms with E-state index in [1.165, 1.54) is 12.3 Å². The number of carbonyl (C=O) groups is 1. The highest BCUT2D eigenvalue weighted by Crippen LogP contribution is 2.30. The summed E-state index contributed by atoms with van der Waals surface area (Å²) in [5, 5.41) is 2.67. The standard InChI is InChI=1S/C13H17FN2O4S/c1-9-4-2-3-5-12(9)13(17)16-10-6-11(8-15-7-10)20-21(14,18)19/h6-9,12H,2-5H2,1H3,(H,16,17). The number of nitrogens with one attached hydrogen (secondary N) is 1. The molecule has 0 saturated heterocycles. The Balaban J connectivity index is 2.05. The van der Waals surface area contributed by atoms with E-state index in [4.69, 9.17) is 0 Å². The minimum absolute atomic E-state index is 0.0757. The molecule has 0 spiro atoms. The van der Waals surface area contributed by atoms with Gasteiger partial charge in [-0.25, -0.2) is 0 Å². The van der Waals surface area contributed by atoms with Crippen LogP contribution in [0.2, 0.25) is 0 Å². The molecule has 0 aliphatic heterocycles. The third-order valence-electron chi connectivity index (χ3n) is 3.62. The van der Waals surface area contributed by atoms with Crippen molar-refractivity contribution in [2.45, 2.75) is 32.6 Å². The van der Waals surface area contributed by atoms with Crippen molar-refractivity contribution in [3.63, 3.8) is 0 Å². The summed E-state index contributed by atoms with van der Waals surface area (Å²) in [7, 11) is -5.10. The number of carbonyl (C=O) groups excluding carboxylic acids is 1. The Labute approximate surface area is 123 Å². The fraction of sp³-hybridized carbons (Fsp3) is 0.538. The summed E-state index contributed by atoms with van der Waals surface area (Å²) in [6.45, 7) is 2.04. The van der Waals surface area contributed by atoms with E-state index in [0.717, 1.165) is 31.9 Å². The first-order valence-electron chi connectivity index (χ1n) is 6.75. The number of nitrogens with zero attached hydrogens (tertiary/aromatic N) is 1. The Morgan fingerprint density at radius 3 is 2.76 bits per heavy atom. The maximum Gasteiger partial charge on any atom is 0.488 e. The van der Waals surface area contributed by atoms with E-state index in [1.54, 1.807) is 0 Å². The topological polar surface area (TPSA) is 85.4 Å². The first kappa shape index (κ1) is 15.7. The van der Waals surface area contributed by atoms with Crippen LogP contribution in [0.15, 0.2) is 18.5 Å². The van der Waals surface area contributed by atoms with Gasteiger partial charge < -0.3 is 9.50 Å². The normalized spacial score (nSPS) is 22.6. The highest BCUT2D eigenvalue weighted by molar-refractivity contribution is 7.81. The van der Waals surface area contributed by atoms with Crippen molar-refractivity contribution in [3.8, 4) is 5.75 Å². The maximum atomic E-state index is 12.4. The molecule has 0 radical (unpaired) electrons. The van der Waals surface area contributed by atoms with Crippen molar-refractivity contribution in [2.24, 2.45) is 11.8 Å². The van der Waals surface area contributed by atoms with Crippen molar-refractivity contribution < 1.29 is 21.3 Å². The minimum atomic E-state index is -5.10. The molecule has 1 aromatic heterocycles. The number of halogens is 1. The van der Waals surface area contributed by atoms with Gasteiger partial charge in [0.1, 0.15) is 0 Å². The number of hydrogen-bond acceptors (Lipinski definition) is 5. The highest BCUT2D eigenvalue weighted by Gasteiger charge is 2.27. The summed E-state index contributed by atoms with van der Waals surface area (Å²) in [5.74, 6) is -0.193. The molecule has 1 heterocycles. The SMILES string of the molecule is CC1CCCCC1C(=O)Nc1cncc(OS(=O)(=O)F)c1. The summed E-state index contributed by atoms with van der Waals surface area (Å²) in [4.78, 5) is 15.9. The molecule has 1 fully saturated rings. The smallest absolute Gasteiger partial charge is 0.357 e. The minimum Gasteiger partial charge on any atom is -0.357 e. The molecular formula is C13H17FN2O4S. The molecule has 2 unspecified atom stereocenters. The summed E-state index contributed by atoms with van der Waals surface area (Å²) in [5.41, 5.74) is 0.277. The second-order valence-corrected chi connectivity index (χ2v) is 6.20. The number of rotatable bonds is 4. The number of aromatic nitrogens is 1. The van der Waals surface area contributed by atoms with Gasteiger partial charge in [0, 0.05) is 12.0 Å². The van der Waals surface area contributed by atoms with Crippen molar-refractivity contribution >= 4 is 22.1 Å². The van der Waals surface area contributed by atoms with Crippen LogP contribution in [0.4, 0.5) is 9.57 Å². The molecule has 8 heteroatoms. The first-order valence-corrected chi connectivity index (χ1v) is 8.06. The van der Waals surface area contributed by atoms with Crippen LogP contribution >= 0.6 is 0 Å². The third-order valence-corrected chi connectivity index (χ3v) is 4.02. The maximum absolute atomic E-state index is 12.4. The Morgan fingerprint density at radius 1 is 1.38 bits per heavy atom. The van der Waals surface area contributed by atoms with Crippen LogP contribution < -0.4 is 9.50 Å². The highest BCUT2D eigenvalue weighted by atomic mass is 32.3. The predicted molar refractivity (Wildman–Crippen MR) is 74.6 cm³/mol. The predicted octanol–water partition coefficient (Wildman–Crippen LogP) is 2.44. The first-order chi connectivity index (χ1) is 9.85. The van der Waals surface area contributed by atoms with Gasteiger partial charge in [-0.15, -0.1) is 0 Å². The molecule has 0 bridgehead atoms. The number of anilines is 1. The molecule has 1 amide bonds. The summed E-state index contributed by atoms with van der Waals surface area (Å²) in [6, 6.07) is 1.22. The fourth-order valence-electron chi connectivity index (χ4n) is 2.59. The molecule has 21 heavy (non-hydrogen) atoms. The van der Waals surface area contributed by atoms with Gasteiger partial charge in [0.2, 0.25) is 5.91 Å². The fourth-order valence-corrected chi connectivity index (χ4v) is 2.91. The van der Waals surface area contributed by atoms with Crippen LogP contribution in [-0.4, -0.2) is 19.3 Å². The third kappa shape index (κ3) is 4.66. The van der Waals surface area contributed by atoms with Crippen molar-refractivity contribution in [2.75, 3.05) is 5.32 Å². The van der Waals surface area contributed by atoms with Gasteiger partial charge in [0.05, 0.1) is 18.1 Å². The summed E-state index contributed by atoms with van der Waals surface area (Å²) >= 11 is 0. The Hall–Kier alpha value is -1.70. The van der Waals surface area contributed by atoms with E-state index < -0.39 is 10.5 Å². The van der Waals surface area contributed by atoms with Crippen LogP contribution in [0.1, 0.15) is 32.6 Å². The van der Waals surface area contributed by atoms with Gasteiger partial charge in [-0.1, -0.05) is 23.7 Å². The zero-order chi connectivity index (χ0) is 15.5. The molecule has 1 N–H and O–H groups in total. The Kier molecular flexibility index (Phi) is 4.76. The Bertz CT molecular complexity index is 620. The van der Waals surface area contributed by atoms with E-state index in [-0.39, 0.29) is 23.3 Å². The zero-order valence-electron chi connectivity index (χ0n) is 11.6. The van der Waals surface area contributed by atoms with Crippen LogP contribution in [0, 0.1) is 11.8 Å². The molecular weight excluding hydrogens is 299 g/mol. The van der Waals surface area contributed by atoms with Gasteiger partial charge in [-0.2, -0.15) is 8.42 Å². The molecule has 1 aliphatic rings. The molecule has 1 aromatic rings. The van der Waals surface area contributed by atoms with Gasteiger partial charge >= 0.3 is 10.5 Å². The largest absolute Gasteiger partial charge is 0.488 e. The number of pyridine rings is 1. The van der Waals surface area contributed by atoms with Gasteiger partial charge in [-0.3, -0.25) is 9.78 Å². The molecule has 1 saturated carbocycles. The molecule has 2 atom stereocenters. The van der Waals surface area contributed by atoms with Crippen molar-refractivity contribution in [1.29, 1.82) is 0 Å². The van der Waals surface area contributed by atoms with Crippen LogP contribution in [0.25, 0.3) is 0 Å². The number of amides is 1. The molecule has 2 rings (SSSR count). The lowest BCUT2D eigenvalue weighted by Gasteiger charge is -2.27. The summed E-state index contributed by atoms with van der Waals surface area (Å²) < 4.78 is 37.4. The molecule has 6 nitrogen and oxygen atoms in total. The summed E-state index contributed by atoms with van der Waals surface area (Å²) in [6.07, 6.45) is 6.39. The van der Waals surface area contributed by atoms with Crippen molar-refractivity contribution in [1.82, 2.24) is 4.98 Å².